The Labute approximate surface area is 125 Å². The van der Waals surface area contributed by atoms with Crippen LogP contribution in [0.15, 0.2) is 24.3 Å². The van der Waals surface area contributed by atoms with Crippen LogP contribution in [0.4, 0.5) is 13.2 Å². The molecule has 1 aromatic rings. The second kappa shape index (κ2) is 7.33. The number of rotatable bonds is 5. The fourth-order valence-corrected chi connectivity index (χ4v) is 3.40. The van der Waals surface area contributed by atoms with Crippen LogP contribution in [0.25, 0.3) is 0 Å². The molecule has 0 N–H and O–H groups in total. The number of benzene rings is 1. The normalized spacial score (nSPS) is 23.2. The Kier molecular flexibility index (Phi) is 5.72. The molecule has 0 saturated heterocycles. The van der Waals surface area contributed by atoms with E-state index >= 15 is 0 Å². The van der Waals surface area contributed by atoms with Gasteiger partial charge in [-0.15, -0.1) is 0 Å². The molecule has 0 spiro atoms. The van der Waals surface area contributed by atoms with Crippen molar-refractivity contribution in [2.75, 3.05) is 0 Å². The van der Waals surface area contributed by atoms with E-state index in [1.165, 1.54) is 11.1 Å². The van der Waals surface area contributed by atoms with E-state index in [-0.39, 0.29) is 5.92 Å². The molecule has 1 aliphatic rings. The number of hydrogen-bond donors (Lipinski definition) is 0. The van der Waals surface area contributed by atoms with Crippen molar-refractivity contribution in [2.45, 2.75) is 70.4 Å². The van der Waals surface area contributed by atoms with Crippen molar-refractivity contribution in [1.29, 1.82) is 0 Å². The third-order valence-electron chi connectivity index (χ3n) is 4.67. The van der Waals surface area contributed by atoms with Crippen LogP contribution in [0.5, 0.6) is 0 Å². The van der Waals surface area contributed by atoms with Gasteiger partial charge in [-0.3, -0.25) is 0 Å². The lowest BCUT2D eigenvalue weighted by atomic mass is 9.77. The lowest BCUT2D eigenvalue weighted by Gasteiger charge is -2.29. The second-order valence-corrected chi connectivity index (χ2v) is 6.36. The first kappa shape index (κ1) is 16.4. The fraction of sp³-hybridized carbons (Fsp3) is 0.667. The Morgan fingerprint density at radius 3 is 2.14 bits per heavy atom. The van der Waals surface area contributed by atoms with Gasteiger partial charge in [-0.25, -0.2) is 0 Å². The van der Waals surface area contributed by atoms with Crippen LogP contribution in [-0.4, -0.2) is 6.18 Å². The van der Waals surface area contributed by atoms with Crippen LogP contribution in [0.2, 0.25) is 0 Å². The highest BCUT2D eigenvalue weighted by Crippen LogP contribution is 2.39. The first-order chi connectivity index (χ1) is 9.98. The van der Waals surface area contributed by atoms with Gasteiger partial charge in [0.2, 0.25) is 0 Å². The number of hydrogen-bond acceptors (Lipinski definition) is 0. The van der Waals surface area contributed by atoms with E-state index in [0.29, 0.717) is 12.3 Å². The van der Waals surface area contributed by atoms with E-state index in [1.54, 1.807) is 0 Å². The molecule has 0 radical (unpaired) electrons. The summed E-state index contributed by atoms with van der Waals surface area (Å²) < 4.78 is 36.8. The molecule has 1 aliphatic carbocycles. The van der Waals surface area contributed by atoms with Crippen LogP contribution in [-0.2, 0) is 6.42 Å². The molecule has 0 aromatic heterocycles. The van der Waals surface area contributed by atoms with Gasteiger partial charge < -0.3 is 0 Å². The Morgan fingerprint density at radius 2 is 1.62 bits per heavy atom. The third kappa shape index (κ3) is 5.37. The molecule has 21 heavy (non-hydrogen) atoms. The van der Waals surface area contributed by atoms with Crippen molar-refractivity contribution < 1.29 is 13.2 Å². The maximum atomic E-state index is 12.3. The monoisotopic (exact) mass is 298 g/mol. The molecule has 1 aromatic carbocycles. The summed E-state index contributed by atoms with van der Waals surface area (Å²) in [6, 6.07) is 8.83. The summed E-state index contributed by atoms with van der Waals surface area (Å²) in [6.07, 6.45) is 1.93. The molecule has 1 saturated carbocycles. The summed E-state index contributed by atoms with van der Waals surface area (Å²) in [5.41, 5.74) is 2.74. The third-order valence-corrected chi connectivity index (χ3v) is 4.67. The fourth-order valence-electron chi connectivity index (χ4n) is 3.40. The highest BCUT2D eigenvalue weighted by atomic mass is 19.4. The van der Waals surface area contributed by atoms with Crippen LogP contribution in [0, 0.1) is 5.92 Å². The van der Waals surface area contributed by atoms with Crippen molar-refractivity contribution in [3.8, 4) is 0 Å². The van der Waals surface area contributed by atoms with Crippen LogP contribution in [0.1, 0.15) is 68.9 Å². The van der Waals surface area contributed by atoms with Gasteiger partial charge in [0.05, 0.1) is 0 Å². The molecule has 0 heterocycles. The minimum Gasteiger partial charge on any atom is -0.171 e. The summed E-state index contributed by atoms with van der Waals surface area (Å²) in [6.45, 7) is 2.18. The first-order valence-corrected chi connectivity index (χ1v) is 8.13. The Bertz CT molecular complexity index is 411. The largest absolute Gasteiger partial charge is 0.389 e. The summed E-state index contributed by atoms with van der Waals surface area (Å²) in [4.78, 5) is 0. The average molecular weight is 298 g/mol. The lowest BCUT2D eigenvalue weighted by Crippen LogP contribution is -2.16. The zero-order valence-electron chi connectivity index (χ0n) is 12.8. The molecule has 118 valence electrons. The summed E-state index contributed by atoms with van der Waals surface area (Å²) in [7, 11) is 0. The van der Waals surface area contributed by atoms with Crippen LogP contribution in [0.3, 0.4) is 0 Å². The van der Waals surface area contributed by atoms with Gasteiger partial charge in [0.1, 0.15) is 0 Å². The quantitative estimate of drug-likeness (QED) is 0.602. The van der Waals surface area contributed by atoms with Gasteiger partial charge in [-0.05, 0) is 61.5 Å². The summed E-state index contributed by atoms with van der Waals surface area (Å²) in [5, 5.41) is 0. The van der Waals surface area contributed by atoms with Gasteiger partial charge in [-0.2, -0.15) is 13.2 Å². The predicted octanol–water partition coefficient (Wildman–Crippen LogP) is 6.26. The van der Waals surface area contributed by atoms with Gasteiger partial charge in [0.25, 0.3) is 0 Å². The molecule has 3 heteroatoms. The van der Waals surface area contributed by atoms with Crippen LogP contribution < -0.4 is 0 Å². The van der Waals surface area contributed by atoms with E-state index < -0.39 is 12.6 Å². The minimum atomic E-state index is -3.99. The van der Waals surface area contributed by atoms with Gasteiger partial charge in [0, 0.05) is 6.42 Å². The molecule has 0 amide bonds. The number of aryl methyl sites for hydroxylation is 1. The Balaban J connectivity index is 1.80. The van der Waals surface area contributed by atoms with Gasteiger partial charge in [-0.1, -0.05) is 37.6 Å². The SMILES string of the molecule is CCCc1ccc([C@H]2CC[C@H](CCC(F)(F)F)CC2)cc1. The lowest BCUT2D eigenvalue weighted by molar-refractivity contribution is -0.138. The van der Waals surface area contributed by atoms with E-state index in [9.17, 15) is 13.2 Å². The van der Waals surface area contributed by atoms with E-state index in [2.05, 4.69) is 31.2 Å². The minimum absolute atomic E-state index is 0.266. The molecule has 0 bridgehead atoms. The zero-order valence-corrected chi connectivity index (χ0v) is 12.8. The molecular formula is C18H25F3. The van der Waals surface area contributed by atoms with Crippen molar-refractivity contribution in [2.24, 2.45) is 5.92 Å². The standard InChI is InChI=1S/C18H25F3/c1-2-3-14-4-8-16(9-5-14)17-10-6-15(7-11-17)12-13-18(19,20)21/h4-5,8-9,15,17H,2-3,6-7,10-13H2,1H3/t15-,17-. The zero-order chi connectivity index (χ0) is 15.3. The Morgan fingerprint density at radius 1 is 1.00 bits per heavy atom. The molecule has 0 aliphatic heterocycles. The van der Waals surface area contributed by atoms with Crippen LogP contribution >= 0.6 is 0 Å². The summed E-state index contributed by atoms with van der Waals surface area (Å²) >= 11 is 0. The molecule has 2 rings (SSSR count). The number of halogens is 3. The smallest absolute Gasteiger partial charge is 0.171 e. The maximum absolute atomic E-state index is 12.3. The van der Waals surface area contributed by atoms with E-state index in [4.69, 9.17) is 0 Å². The topological polar surface area (TPSA) is 0 Å². The maximum Gasteiger partial charge on any atom is 0.389 e. The molecule has 0 unspecified atom stereocenters. The molecule has 0 nitrogen and oxygen atoms in total. The molecule has 0 atom stereocenters. The average Bonchev–Trinajstić information content (AvgIpc) is 2.46. The van der Waals surface area contributed by atoms with E-state index in [0.717, 1.165) is 38.5 Å². The van der Waals surface area contributed by atoms with E-state index in [1.807, 2.05) is 0 Å². The summed E-state index contributed by atoms with van der Waals surface area (Å²) in [5.74, 6) is 0.810. The first-order valence-electron chi connectivity index (χ1n) is 8.13. The molecular weight excluding hydrogens is 273 g/mol. The van der Waals surface area contributed by atoms with Crippen molar-refractivity contribution in [1.82, 2.24) is 0 Å². The Hall–Kier alpha value is -0.990. The molecule has 1 fully saturated rings. The highest BCUT2D eigenvalue weighted by Gasteiger charge is 2.30. The second-order valence-electron chi connectivity index (χ2n) is 6.36. The van der Waals surface area contributed by atoms with Crippen molar-refractivity contribution in [3.05, 3.63) is 35.4 Å². The highest BCUT2D eigenvalue weighted by molar-refractivity contribution is 5.25. The predicted molar refractivity (Wildman–Crippen MR) is 80.4 cm³/mol. The van der Waals surface area contributed by atoms with Crippen molar-refractivity contribution >= 4 is 0 Å². The van der Waals surface area contributed by atoms with Gasteiger partial charge >= 0.3 is 6.18 Å². The van der Waals surface area contributed by atoms with Crippen molar-refractivity contribution in [3.63, 3.8) is 0 Å². The number of alkyl halides is 3. The van der Waals surface area contributed by atoms with Gasteiger partial charge in [0.15, 0.2) is 0 Å².